The van der Waals surface area contributed by atoms with Gasteiger partial charge >= 0.3 is 6.18 Å². The Morgan fingerprint density at radius 3 is 2.65 bits per heavy atom. The van der Waals surface area contributed by atoms with Gasteiger partial charge in [0.15, 0.2) is 0 Å². The van der Waals surface area contributed by atoms with Crippen LogP contribution in [0.5, 0.6) is 5.75 Å². The minimum Gasteiger partial charge on any atom is -0.487 e. The Morgan fingerprint density at radius 1 is 1.35 bits per heavy atom. The smallest absolute Gasteiger partial charge is 0.419 e. The third-order valence-electron chi connectivity index (χ3n) is 2.50. The molecule has 0 unspecified atom stereocenters. The number of alkyl halides is 3. The number of aryl methyl sites for hydroxylation is 1. The summed E-state index contributed by atoms with van der Waals surface area (Å²) in [7, 11) is 0. The second kappa shape index (κ2) is 5.36. The molecule has 2 aromatic rings. The first kappa shape index (κ1) is 14.1. The van der Waals surface area contributed by atoms with Crippen molar-refractivity contribution in [3.63, 3.8) is 0 Å². The lowest BCUT2D eigenvalue weighted by atomic mass is 10.1. The summed E-state index contributed by atoms with van der Waals surface area (Å²) in [5.74, 6) is 0.180. The van der Waals surface area contributed by atoms with E-state index in [1.165, 1.54) is 6.07 Å². The Kier molecular flexibility index (Phi) is 3.78. The molecule has 1 aromatic heterocycles. The van der Waals surface area contributed by atoms with E-state index in [2.05, 4.69) is 5.16 Å². The van der Waals surface area contributed by atoms with Crippen LogP contribution in [0.15, 0.2) is 28.8 Å². The maximum atomic E-state index is 12.9. The first-order chi connectivity index (χ1) is 9.40. The number of carbonyl (C=O) groups excluding carboxylic acids is 1. The van der Waals surface area contributed by atoms with Crippen LogP contribution in [-0.4, -0.2) is 11.4 Å². The van der Waals surface area contributed by atoms with E-state index < -0.39 is 11.7 Å². The van der Waals surface area contributed by atoms with E-state index in [1.807, 2.05) is 0 Å². The molecule has 0 aliphatic carbocycles. The van der Waals surface area contributed by atoms with Gasteiger partial charge in [-0.25, -0.2) is 0 Å². The minimum absolute atomic E-state index is 0.0676. The molecule has 1 heterocycles. The largest absolute Gasteiger partial charge is 0.487 e. The number of rotatable bonds is 4. The summed E-state index contributed by atoms with van der Waals surface area (Å²) in [4.78, 5) is 10.5. The van der Waals surface area contributed by atoms with Crippen LogP contribution >= 0.6 is 0 Å². The van der Waals surface area contributed by atoms with Gasteiger partial charge < -0.3 is 9.26 Å². The Morgan fingerprint density at radius 2 is 2.10 bits per heavy atom. The van der Waals surface area contributed by atoms with Crippen molar-refractivity contribution < 1.29 is 27.2 Å². The first-order valence-electron chi connectivity index (χ1n) is 5.61. The van der Waals surface area contributed by atoms with Crippen LogP contribution in [0.4, 0.5) is 13.2 Å². The second-order valence-electron chi connectivity index (χ2n) is 4.09. The van der Waals surface area contributed by atoms with Crippen molar-refractivity contribution in [2.75, 3.05) is 0 Å². The zero-order chi connectivity index (χ0) is 14.8. The topological polar surface area (TPSA) is 52.3 Å². The molecule has 0 atom stereocenters. The van der Waals surface area contributed by atoms with Crippen molar-refractivity contribution in [2.45, 2.75) is 19.7 Å². The maximum Gasteiger partial charge on any atom is 0.419 e. The number of halogens is 3. The molecule has 0 aliphatic heterocycles. The van der Waals surface area contributed by atoms with Crippen LogP contribution in [0.25, 0.3) is 0 Å². The van der Waals surface area contributed by atoms with E-state index in [1.54, 1.807) is 13.0 Å². The molecule has 0 bridgehead atoms. The number of ether oxygens (including phenoxy) is 1. The highest BCUT2D eigenvalue weighted by atomic mass is 19.4. The third-order valence-corrected chi connectivity index (χ3v) is 2.50. The summed E-state index contributed by atoms with van der Waals surface area (Å²) in [5, 5.41) is 3.62. The fourth-order valence-electron chi connectivity index (χ4n) is 1.61. The molecule has 2 rings (SSSR count). The lowest BCUT2D eigenvalue weighted by Crippen LogP contribution is -2.09. The number of hydrogen-bond acceptors (Lipinski definition) is 4. The molecule has 20 heavy (non-hydrogen) atoms. The van der Waals surface area contributed by atoms with E-state index in [-0.39, 0.29) is 17.9 Å². The molecule has 0 fully saturated rings. The third kappa shape index (κ3) is 3.17. The molecule has 1 aromatic carbocycles. The van der Waals surface area contributed by atoms with Crippen LogP contribution < -0.4 is 4.74 Å². The van der Waals surface area contributed by atoms with Crippen LogP contribution in [0.1, 0.15) is 27.4 Å². The van der Waals surface area contributed by atoms with Gasteiger partial charge in [-0.3, -0.25) is 4.79 Å². The van der Waals surface area contributed by atoms with E-state index in [0.717, 1.165) is 12.1 Å². The lowest BCUT2D eigenvalue weighted by Gasteiger charge is -2.13. The van der Waals surface area contributed by atoms with Crippen molar-refractivity contribution in [1.29, 1.82) is 0 Å². The number of aldehydes is 1. The van der Waals surface area contributed by atoms with Crippen LogP contribution in [0.2, 0.25) is 0 Å². The standard InChI is InChI=1S/C13H10F3NO3/c1-8-4-10(17-20-8)7-19-12-3-2-9(6-18)5-11(12)13(14,15)16/h2-6H,7H2,1H3. The molecule has 7 heteroatoms. The molecule has 106 valence electrons. The zero-order valence-electron chi connectivity index (χ0n) is 10.4. The fraction of sp³-hybridized carbons (Fsp3) is 0.231. The number of hydrogen-bond donors (Lipinski definition) is 0. The van der Waals surface area contributed by atoms with Crippen molar-refractivity contribution >= 4 is 6.29 Å². The Balaban J connectivity index is 2.24. The number of carbonyl (C=O) groups is 1. The van der Waals surface area contributed by atoms with Crippen molar-refractivity contribution in [2.24, 2.45) is 0 Å². The summed E-state index contributed by atoms with van der Waals surface area (Å²) in [6.07, 6.45) is -4.26. The normalized spacial score (nSPS) is 11.4. The zero-order valence-corrected chi connectivity index (χ0v) is 10.4. The number of nitrogens with zero attached hydrogens (tertiary/aromatic N) is 1. The molecule has 4 nitrogen and oxygen atoms in total. The second-order valence-corrected chi connectivity index (χ2v) is 4.09. The molecule has 0 saturated heterocycles. The fourth-order valence-corrected chi connectivity index (χ4v) is 1.61. The first-order valence-corrected chi connectivity index (χ1v) is 5.61. The summed E-state index contributed by atoms with van der Waals surface area (Å²) in [5.41, 5.74) is -0.681. The number of benzene rings is 1. The monoisotopic (exact) mass is 285 g/mol. The molecular weight excluding hydrogens is 275 g/mol. The highest BCUT2D eigenvalue weighted by Gasteiger charge is 2.34. The maximum absolute atomic E-state index is 12.9. The van der Waals surface area contributed by atoms with E-state index in [9.17, 15) is 18.0 Å². The van der Waals surface area contributed by atoms with Gasteiger partial charge in [0.1, 0.15) is 30.1 Å². The predicted molar refractivity (Wildman–Crippen MR) is 62.4 cm³/mol. The van der Waals surface area contributed by atoms with E-state index in [0.29, 0.717) is 17.7 Å². The molecule has 0 aliphatic rings. The van der Waals surface area contributed by atoms with Gasteiger partial charge in [0.2, 0.25) is 0 Å². The van der Waals surface area contributed by atoms with E-state index >= 15 is 0 Å². The Hall–Kier alpha value is -2.31. The van der Waals surface area contributed by atoms with Gasteiger partial charge in [0.05, 0.1) is 5.56 Å². The van der Waals surface area contributed by atoms with Crippen molar-refractivity contribution in [3.05, 3.63) is 46.8 Å². The molecule has 0 N–H and O–H groups in total. The molecular formula is C13H10F3NO3. The quantitative estimate of drug-likeness (QED) is 0.808. The Bertz CT molecular complexity index is 620. The summed E-state index contributed by atoms with van der Waals surface area (Å²) in [6, 6.07) is 4.68. The van der Waals surface area contributed by atoms with Gasteiger partial charge in [0, 0.05) is 11.6 Å². The average molecular weight is 285 g/mol. The summed E-state index contributed by atoms with van der Waals surface area (Å²) >= 11 is 0. The molecule has 0 saturated carbocycles. The van der Waals surface area contributed by atoms with Gasteiger partial charge in [0.25, 0.3) is 0 Å². The van der Waals surface area contributed by atoms with Gasteiger partial charge in [-0.2, -0.15) is 13.2 Å². The van der Waals surface area contributed by atoms with Crippen LogP contribution in [0, 0.1) is 6.92 Å². The number of aromatic nitrogens is 1. The Labute approximate surface area is 112 Å². The summed E-state index contributed by atoms with van der Waals surface area (Å²) in [6.45, 7) is 1.51. The van der Waals surface area contributed by atoms with Gasteiger partial charge in [-0.05, 0) is 25.1 Å². The highest BCUT2D eigenvalue weighted by Crippen LogP contribution is 2.36. The van der Waals surface area contributed by atoms with Crippen LogP contribution in [-0.2, 0) is 12.8 Å². The van der Waals surface area contributed by atoms with Crippen LogP contribution in [0.3, 0.4) is 0 Å². The average Bonchev–Trinajstić information content (AvgIpc) is 2.81. The lowest BCUT2D eigenvalue weighted by molar-refractivity contribution is -0.139. The predicted octanol–water partition coefficient (Wildman–Crippen LogP) is 3.39. The minimum atomic E-state index is -4.60. The SMILES string of the molecule is Cc1cc(COc2ccc(C=O)cc2C(F)(F)F)no1. The van der Waals surface area contributed by atoms with Crippen molar-refractivity contribution in [3.8, 4) is 5.75 Å². The molecule has 0 amide bonds. The van der Waals surface area contributed by atoms with Gasteiger partial charge in [-0.1, -0.05) is 5.16 Å². The highest BCUT2D eigenvalue weighted by molar-refractivity contribution is 5.75. The molecule has 0 radical (unpaired) electrons. The van der Waals surface area contributed by atoms with Crippen molar-refractivity contribution in [1.82, 2.24) is 5.16 Å². The summed E-state index contributed by atoms with van der Waals surface area (Å²) < 4.78 is 48.5. The van der Waals surface area contributed by atoms with Gasteiger partial charge in [-0.15, -0.1) is 0 Å². The van der Waals surface area contributed by atoms with E-state index in [4.69, 9.17) is 9.26 Å². The molecule has 0 spiro atoms.